The molecule has 4 heterocycles. The molecule has 4 rings (SSSR count). The first-order valence-electron chi connectivity index (χ1n) is 9.43. The van der Waals surface area contributed by atoms with Crippen molar-refractivity contribution in [2.24, 2.45) is 0 Å². The number of pyridine rings is 2. The average molecular weight is 440 g/mol. The maximum Gasteiger partial charge on any atom is 0.269 e. The summed E-state index contributed by atoms with van der Waals surface area (Å²) in [6, 6.07) is 8.63. The van der Waals surface area contributed by atoms with Gasteiger partial charge in [-0.15, -0.1) is 0 Å². The summed E-state index contributed by atoms with van der Waals surface area (Å²) in [4.78, 5) is 29.6. The molecular formula is C20H18ClN7O3. The van der Waals surface area contributed by atoms with Crippen LogP contribution >= 0.6 is 11.6 Å². The summed E-state index contributed by atoms with van der Waals surface area (Å²) in [7, 11) is 0. The number of hydrogen-bond donors (Lipinski definition) is 1. The first kappa shape index (κ1) is 20.6. The summed E-state index contributed by atoms with van der Waals surface area (Å²) in [5.74, 6) is 0.592. The highest BCUT2D eigenvalue weighted by molar-refractivity contribution is 6.32. The molecule has 1 amide bonds. The Morgan fingerprint density at radius 2 is 2.03 bits per heavy atom. The number of carbonyl (C=O) groups excluding carboxylic acids is 1. The highest BCUT2D eigenvalue weighted by atomic mass is 35.5. The van der Waals surface area contributed by atoms with Gasteiger partial charge in [0, 0.05) is 19.0 Å². The largest absolute Gasteiger partial charge is 0.461 e. The normalized spacial score (nSPS) is 11.9. The second-order valence-electron chi connectivity index (χ2n) is 6.25. The van der Waals surface area contributed by atoms with Crippen LogP contribution in [-0.4, -0.2) is 54.9 Å². The summed E-state index contributed by atoms with van der Waals surface area (Å²) in [6.45, 7) is 2.28. The zero-order valence-electron chi connectivity index (χ0n) is 16.5. The molecule has 0 bridgehead atoms. The number of ether oxygens (including phenoxy) is 2. The van der Waals surface area contributed by atoms with E-state index in [2.05, 4.69) is 30.4 Å². The summed E-state index contributed by atoms with van der Waals surface area (Å²) in [5.41, 5.74) is 0.436. The fraction of sp³-hybridized carbons (Fsp3) is 0.200. The van der Waals surface area contributed by atoms with Gasteiger partial charge < -0.3 is 14.8 Å². The number of rotatable bonds is 8. The van der Waals surface area contributed by atoms with Crippen LogP contribution in [-0.2, 0) is 9.53 Å². The molecule has 31 heavy (non-hydrogen) atoms. The third-order valence-corrected chi connectivity index (χ3v) is 4.50. The van der Waals surface area contributed by atoms with Crippen molar-refractivity contribution in [3.63, 3.8) is 0 Å². The molecule has 1 atom stereocenters. The summed E-state index contributed by atoms with van der Waals surface area (Å²) >= 11 is 6.24. The van der Waals surface area contributed by atoms with Crippen LogP contribution in [0.25, 0.3) is 16.9 Å². The van der Waals surface area contributed by atoms with Crippen molar-refractivity contribution in [3.8, 4) is 11.7 Å². The minimum absolute atomic E-state index is 0.0286. The van der Waals surface area contributed by atoms with Crippen LogP contribution in [0.15, 0.2) is 55.2 Å². The van der Waals surface area contributed by atoms with E-state index in [-0.39, 0.29) is 12.5 Å². The maximum atomic E-state index is 12.8. The molecule has 4 aromatic heterocycles. The molecule has 0 unspecified atom stereocenters. The number of halogens is 1. The molecule has 158 valence electrons. The number of hydrogen-bond acceptors (Lipinski definition) is 8. The van der Waals surface area contributed by atoms with Gasteiger partial charge in [0.2, 0.25) is 12.0 Å². The van der Waals surface area contributed by atoms with Gasteiger partial charge in [0.1, 0.15) is 17.5 Å². The Hall–Kier alpha value is -3.63. The lowest BCUT2D eigenvalue weighted by molar-refractivity contribution is -0.125. The number of fused-ring (bicyclic) bond motifs is 1. The monoisotopic (exact) mass is 439 g/mol. The molecule has 0 saturated heterocycles. The Balaban J connectivity index is 1.63. The van der Waals surface area contributed by atoms with E-state index in [0.29, 0.717) is 34.3 Å². The van der Waals surface area contributed by atoms with Gasteiger partial charge in [-0.05, 0) is 31.2 Å². The number of anilines is 1. The first-order chi connectivity index (χ1) is 15.2. The predicted octanol–water partition coefficient (Wildman–Crippen LogP) is 2.68. The minimum Gasteiger partial charge on any atom is -0.461 e. The van der Waals surface area contributed by atoms with Gasteiger partial charge in [0.15, 0.2) is 11.5 Å². The van der Waals surface area contributed by atoms with Crippen LogP contribution in [0.4, 0.5) is 5.82 Å². The lowest BCUT2D eigenvalue weighted by Crippen LogP contribution is -2.37. The zero-order valence-corrected chi connectivity index (χ0v) is 17.2. The molecule has 0 fully saturated rings. The van der Waals surface area contributed by atoms with Crippen molar-refractivity contribution in [1.29, 1.82) is 0 Å². The molecule has 0 aliphatic rings. The Morgan fingerprint density at radius 3 is 2.81 bits per heavy atom. The molecular weight excluding hydrogens is 422 g/mol. The van der Waals surface area contributed by atoms with Crippen molar-refractivity contribution in [2.75, 3.05) is 18.5 Å². The third kappa shape index (κ3) is 4.60. The van der Waals surface area contributed by atoms with Gasteiger partial charge in [-0.1, -0.05) is 17.7 Å². The second-order valence-corrected chi connectivity index (χ2v) is 6.66. The smallest absolute Gasteiger partial charge is 0.269 e. The Morgan fingerprint density at radius 1 is 1.16 bits per heavy atom. The predicted molar refractivity (Wildman–Crippen MR) is 113 cm³/mol. The van der Waals surface area contributed by atoms with Crippen LogP contribution in [0.2, 0.25) is 5.02 Å². The fourth-order valence-corrected chi connectivity index (χ4v) is 2.97. The Labute approximate surface area is 182 Å². The van der Waals surface area contributed by atoms with E-state index >= 15 is 0 Å². The summed E-state index contributed by atoms with van der Waals surface area (Å²) < 4.78 is 12.8. The van der Waals surface area contributed by atoms with E-state index in [1.807, 2.05) is 6.92 Å². The lowest BCUT2D eigenvalue weighted by atomic mass is 10.3. The van der Waals surface area contributed by atoms with Crippen molar-refractivity contribution >= 4 is 34.4 Å². The topological polar surface area (TPSA) is 117 Å². The summed E-state index contributed by atoms with van der Waals surface area (Å²) in [6.07, 6.45) is 5.07. The van der Waals surface area contributed by atoms with Crippen molar-refractivity contribution < 1.29 is 14.3 Å². The van der Waals surface area contributed by atoms with Crippen molar-refractivity contribution in [1.82, 2.24) is 29.7 Å². The van der Waals surface area contributed by atoms with E-state index in [1.54, 1.807) is 42.7 Å². The van der Waals surface area contributed by atoms with E-state index in [4.69, 9.17) is 21.1 Å². The molecule has 1 N–H and O–H groups in total. The third-order valence-electron chi connectivity index (χ3n) is 4.20. The second kappa shape index (κ2) is 9.45. The summed E-state index contributed by atoms with van der Waals surface area (Å²) in [5, 5.41) is 7.94. The molecule has 0 aliphatic carbocycles. The quantitative estimate of drug-likeness (QED) is 0.445. The van der Waals surface area contributed by atoms with E-state index in [1.165, 1.54) is 17.2 Å². The van der Waals surface area contributed by atoms with E-state index in [0.717, 1.165) is 0 Å². The maximum absolute atomic E-state index is 12.8. The molecule has 0 saturated carbocycles. The van der Waals surface area contributed by atoms with Gasteiger partial charge in [-0.3, -0.25) is 4.79 Å². The molecule has 11 heteroatoms. The van der Waals surface area contributed by atoms with Gasteiger partial charge in [-0.25, -0.2) is 19.9 Å². The minimum atomic E-state index is -0.971. The fourth-order valence-electron chi connectivity index (χ4n) is 2.77. The number of amides is 1. The number of nitrogens with one attached hydrogen (secondary N) is 1. The zero-order chi connectivity index (χ0) is 21.6. The van der Waals surface area contributed by atoms with Crippen LogP contribution < -0.4 is 10.1 Å². The molecule has 0 aliphatic heterocycles. The van der Waals surface area contributed by atoms with E-state index in [9.17, 15) is 4.79 Å². The van der Waals surface area contributed by atoms with Gasteiger partial charge in [-0.2, -0.15) is 9.78 Å². The number of carbonyl (C=O) groups is 1. The van der Waals surface area contributed by atoms with Crippen molar-refractivity contribution in [3.05, 3.63) is 60.3 Å². The highest BCUT2D eigenvalue weighted by Crippen LogP contribution is 2.26. The highest BCUT2D eigenvalue weighted by Gasteiger charge is 2.24. The Bertz CT molecular complexity index is 1190. The Kier molecular flexibility index (Phi) is 6.29. The molecule has 4 aromatic rings. The SMILES string of the molecule is CCOC[C@H](Oc1ncnc2c1cnn2-c1ncccc1Cl)C(=O)Nc1ccccn1. The molecule has 0 aromatic carbocycles. The van der Waals surface area contributed by atoms with Gasteiger partial charge >= 0.3 is 0 Å². The van der Waals surface area contributed by atoms with Gasteiger partial charge in [0.05, 0.1) is 17.8 Å². The first-order valence-corrected chi connectivity index (χ1v) is 9.81. The molecule has 0 spiro atoms. The lowest BCUT2D eigenvalue weighted by Gasteiger charge is -2.18. The van der Waals surface area contributed by atoms with Gasteiger partial charge in [0.25, 0.3) is 5.91 Å². The molecule has 0 radical (unpaired) electrons. The molecule has 10 nitrogen and oxygen atoms in total. The van der Waals surface area contributed by atoms with Crippen molar-refractivity contribution in [2.45, 2.75) is 13.0 Å². The number of aromatic nitrogens is 6. The van der Waals surface area contributed by atoms with Crippen LogP contribution in [0.1, 0.15) is 6.92 Å². The van der Waals surface area contributed by atoms with Crippen LogP contribution in [0.5, 0.6) is 5.88 Å². The average Bonchev–Trinajstić information content (AvgIpc) is 3.22. The number of nitrogens with zero attached hydrogens (tertiary/aromatic N) is 6. The van der Waals surface area contributed by atoms with E-state index < -0.39 is 12.0 Å². The van der Waals surface area contributed by atoms with Crippen LogP contribution in [0.3, 0.4) is 0 Å². The van der Waals surface area contributed by atoms with Crippen LogP contribution in [0, 0.1) is 0 Å². The standard InChI is InChI=1S/C20H18ClN7O3/c1-2-30-11-15(19(29)27-16-7-3-4-8-22-16)31-20-13-10-26-28(17(13)24-12-25-20)18-14(21)6-5-9-23-18/h3-10,12,15H,2,11H2,1H3,(H,22,27,29)/t15-/m0/s1.